The number of thiophene rings is 1. The lowest BCUT2D eigenvalue weighted by atomic mass is 9.88. The Morgan fingerprint density at radius 3 is 2.52 bits per heavy atom. The number of urea groups is 1. The molecule has 0 aromatic carbocycles. The molecular weight excluding hydrogens is 456 g/mol. The van der Waals surface area contributed by atoms with Crippen molar-refractivity contribution in [2.24, 2.45) is 5.73 Å². The Labute approximate surface area is 201 Å². The summed E-state index contributed by atoms with van der Waals surface area (Å²) in [5.74, 6) is 0.151. The van der Waals surface area contributed by atoms with Gasteiger partial charge in [-0.15, -0.1) is 11.8 Å². The molecule has 2 aromatic rings. The highest BCUT2D eigenvalue weighted by atomic mass is 32.2. The summed E-state index contributed by atoms with van der Waals surface area (Å²) in [6.45, 7) is 12.8. The SMILES string of the molecule is C=CC1=C(C=C)C(=O)CC2(CCN(C=O)CC2)S1.Cc1ccc2c(C)c(NC(N)=O)sc2n1. The van der Waals surface area contributed by atoms with Crippen molar-refractivity contribution in [3.8, 4) is 0 Å². The number of aryl methyl sites for hydroxylation is 2. The van der Waals surface area contributed by atoms with Crippen molar-refractivity contribution in [1.29, 1.82) is 0 Å². The standard InChI is InChI=1S/C14H17NO2S.C10H11N3OS/c1-3-11-12(17)9-14(18-13(11)4-2)5-7-15(10-16)8-6-14;1-5-3-4-7-6(2)8(13-10(11)14)15-9(7)12-5/h3-4,10H,1-2,5-9H2;3-4H,1-2H3,(H3,11,13,14). The summed E-state index contributed by atoms with van der Waals surface area (Å²) < 4.78 is -0.0490. The molecule has 174 valence electrons. The van der Waals surface area contributed by atoms with Gasteiger partial charge in [0.1, 0.15) is 9.83 Å². The number of fused-ring (bicyclic) bond motifs is 1. The molecule has 0 saturated carbocycles. The van der Waals surface area contributed by atoms with Crippen LogP contribution in [0.2, 0.25) is 0 Å². The van der Waals surface area contributed by atoms with E-state index >= 15 is 0 Å². The fourth-order valence-electron chi connectivity index (χ4n) is 3.95. The van der Waals surface area contributed by atoms with Crippen LogP contribution in [0.4, 0.5) is 9.80 Å². The lowest BCUT2D eigenvalue weighted by molar-refractivity contribution is -0.119. The van der Waals surface area contributed by atoms with Crippen molar-refractivity contribution >= 4 is 56.5 Å². The van der Waals surface area contributed by atoms with E-state index in [-0.39, 0.29) is 10.5 Å². The van der Waals surface area contributed by atoms with E-state index in [1.807, 2.05) is 26.0 Å². The number of primary amides is 1. The molecule has 7 nitrogen and oxygen atoms in total. The Balaban J connectivity index is 0.000000189. The Kier molecular flexibility index (Phi) is 7.76. The quantitative estimate of drug-likeness (QED) is 0.611. The molecule has 3 N–H and O–H groups in total. The van der Waals surface area contributed by atoms with Gasteiger partial charge in [0.2, 0.25) is 6.41 Å². The number of piperidine rings is 1. The zero-order valence-corrected chi connectivity index (χ0v) is 20.5. The number of hydrogen-bond acceptors (Lipinski definition) is 6. The largest absolute Gasteiger partial charge is 0.351 e. The fraction of sp³-hybridized carbons (Fsp3) is 0.333. The van der Waals surface area contributed by atoms with Gasteiger partial charge >= 0.3 is 6.03 Å². The number of hydrogen-bond donors (Lipinski definition) is 2. The number of anilines is 1. The predicted molar refractivity (Wildman–Crippen MR) is 137 cm³/mol. The summed E-state index contributed by atoms with van der Waals surface area (Å²) in [5, 5.41) is 4.44. The topological polar surface area (TPSA) is 105 Å². The zero-order valence-electron chi connectivity index (χ0n) is 18.8. The van der Waals surface area contributed by atoms with E-state index in [2.05, 4.69) is 23.5 Å². The number of Topliss-reactive ketones (excluding diaryl/α,β-unsaturated/α-hetero) is 1. The molecule has 2 aliphatic rings. The number of rotatable bonds is 4. The molecule has 1 spiro atoms. The van der Waals surface area contributed by atoms with Gasteiger partial charge in [0.15, 0.2) is 5.78 Å². The van der Waals surface area contributed by atoms with Crippen LogP contribution in [0.5, 0.6) is 0 Å². The van der Waals surface area contributed by atoms with E-state index in [4.69, 9.17) is 5.73 Å². The first-order valence-corrected chi connectivity index (χ1v) is 12.2. The van der Waals surface area contributed by atoms with E-state index < -0.39 is 6.03 Å². The second-order valence-electron chi connectivity index (χ2n) is 8.06. The number of allylic oxidation sites excluding steroid dienone is 3. The third-order valence-electron chi connectivity index (χ3n) is 5.80. The Hall–Kier alpha value is -2.91. The minimum Gasteiger partial charge on any atom is -0.351 e. The van der Waals surface area contributed by atoms with Crippen LogP contribution in [0.25, 0.3) is 10.2 Å². The van der Waals surface area contributed by atoms with E-state index in [1.54, 1.807) is 28.8 Å². The number of ketones is 1. The van der Waals surface area contributed by atoms with Crippen molar-refractivity contribution in [2.45, 2.75) is 37.9 Å². The van der Waals surface area contributed by atoms with Crippen LogP contribution in [-0.4, -0.2) is 45.9 Å². The van der Waals surface area contributed by atoms with Gasteiger partial charge in [-0.3, -0.25) is 14.9 Å². The average molecular weight is 485 g/mol. The van der Waals surface area contributed by atoms with E-state index in [1.165, 1.54) is 11.3 Å². The number of carbonyl (C=O) groups is 3. The summed E-state index contributed by atoms with van der Waals surface area (Å²) >= 11 is 3.17. The number of nitrogens with zero attached hydrogens (tertiary/aromatic N) is 2. The van der Waals surface area contributed by atoms with Gasteiger partial charge in [0.25, 0.3) is 0 Å². The number of pyridine rings is 1. The van der Waals surface area contributed by atoms with E-state index in [0.29, 0.717) is 12.0 Å². The van der Waals surface area contributed by atoms with Crippen molar-refractivity contribution in [3.05, 3.63) is 59.2 Å². The molecule has 0 bridgehead atoms. The van der Waals surface area contributed by atoms with Crippen molar-refractivity contribution in [1.82, 2.24) is 9.88 Å². The third-order valence-corrected chi connectivity index (χ3v) is 8.51. The van der Waals surface area contributed by atoms with Crippen LogP contribution in [0, 0.1) is 13.8 Å². The second-order valence-corrected chi connectivity index (χ2v) is 10.6. The molecule has 3 amide bonds. The highest BCUT2D eigenvalue weighted by molar-refractivity contribution is 8.04. The second kappa shape index (κ2) is 10.4. The van der Waals surface area contributed by atoms with Crippen LogP contribution >= 0.6 is 23.1 Å². The summed E-state index contributed by atoms with van der Waals surface area (Å²) in [6, 6.07) is 3.42. The molecule has 2 aliphatic heterocycles. The van der Waals surface area contributed by atoms with Gasteiger partial charge in [-0.1, -0.05) is 36.6 Å². The highest BCUT2D eigenvalue weighted by Gasteiger charge is 2.41. The Morgan fingerprint density at radius 1 is 1.24 bits per heavy atom. The van der Waals surface area contributed by atoms with Gasteiger partial charge < -0.3 is 10.6 Å². The molecular formula is C24H28N4O3S2. The summed E-state index contributed by atoms with van der Waals surface area (Å²) in [4.78, 5) is 41.7. The number of carbonyl (C=O) groups excluding carboxylic acids is 3. The molecule has 1 fully saturated rings. The number of likely N-dealkylation sites (tertiary alicyclic amines) is 1. The van der Waals surface area contributed by atoms with Crippen molar-refractivity contribution in [3.63, 3.8) is 0 Å². The lowest BCUT2D eigenvalue weighted by Crippen LogP contribution is -2.44. The van der Waals surface area contributed by atoms with Gasteiger partial charge in [-0.05, 0) is 44.4 Å². The molecule has 0 unspecified atom stereocenters. The monoisotopic (exact) mass is 484 g/mol. The predicted octanol–water partition coefficient (Wildman–Crippen LogP) is 4.71. The molecule has 4 heterocycles. The first kappa shape index (κ1) is 24.7. The van der Waals surface area contributed by atoms with Gasteiger partial charge in [0.05, 0.1) is 0 Å². The van der Waals surface area contributed by atoms with Gasteiger partial charge in [0, 0.05) is 45.8 Å². The van der Waals surface area contributed by atoms with Crippen molar-refractivity contribution in [2.75, 3.05) is 18.4 Å². The molecule has 4 rings (SSSR count). The number of thioether (sulfide) groups is 1. The summed E-state index contributed by atoms with van der Waals surface area (Å²) in [6.07, 6.45) is 6.53. The van der Waals surface area contributed by atoms with Crippen LogP contribution < -0.4 is 11.1 Å². The number of nitrogens with one attached hydrogen (secondary N) is 1. The van der Waals surface area contributed by atoms with E-state index in [0.717, 1.165) is 63.7 Å². The average Bonchev–Trinajstić information content (AvgIpc) is 3.08. The Bertz CT molecular complexity index is 1140. The lowest BCUT2D eigenvalue weighted by Gasteiger charge is -2.42. The number of aromatic nitrogens is 1. The summed E-state index contributed by atoms with van der Waals surface area (Å²) in [5.41, 5.74) is 7.76. The molecule has 1 saturated heterocycles. The first-order valence-electron chi connectivity index (χ1n) is 10.6. The minimum absolute atomic E-state index is 0.0490. The highest BCUT2D eigenvalue weighted by Crippen LogP contribution is 2.48. The normalized spacial score (nSPS) is 17.4. The molecule has 0 aliphatic carbocycles. The van der Waals surface area contributed by atoms with Crippen LogP contribution in [0.3, 0.4) is 0 Å². The molecule has 0 radical (unpaired) electrons. The Morgan fingerprint density at radius 2 is 1.94 bits per heavy atom. The minimum atomic E-state index is -0.540. The fourth-order valence-corrected chi connectivity index (χ4v) is 6.53. The maximum atomic E-state index is 12.1. The third kappa shape index (κ3) is 5.54. The van der Waals surface area contributed by atoms with E-state index in [9.17, 15) is 14.4 Å². The van der Waals surface area contributed by atoms with Crippen LogP contribution in [0.1, 0.15) is 30.5 Å². The zero-order chi connectivity index (χ0) is 24.2. The molecule has 0 atom stereocenters. The van der Waals surface area contributed by atoms with Crippen LogP contribution in [-0.2, 0) is 9.59 Å². The molecule has 9 heteroatoms. The molecule has 2 aromatic heterocycles. The van der Waals surface area contributed by atoms with Crippen molar-refractivity contribution < 1.29 is 14.4 Å². The number of amides is 3. The maximum Gasteiger partial charge on any atom is 0.317 e. The summed E-state index contributed by atoms with van der Waals surface area (Å²) in [7, 11) is 0. The number of nitrogens with two attached hydrogens (primary N) is 1. The van der Waals surface area contributed by atoms with Gasteiger partial charge in [-0.2, -0.15) is 0 Å². The van der Waals surface area contributed by atoms with Crippen LogP contribution in [0.15, 0.2) is 47.9 Å². The van der Waals surface area contributed by atoms with Gasteiger partial charge in [-0.25, -0.2) is 9.78 Å². The smallest absolute Gasteiger partial charge is 0.317 e. The first-order chi connectivity index (χ1) is 15.7. The molecule has 33 heavy (non-hydrogen) atoms. The maximum absolute atomic E-state index is 12.1.